The van der Waals surface area contributed by atoms with Crippen LogP contribution in [0.15, 0.2) is 0 Å². The highest BCUT2D eigenvalue weighted by molar-refractivity contribution is 4.62. The van der Waals surface area contributed by atoms with E-state index in [1.165, 1.54) is 180 Å². The SMILES string of the molecule is [CH2]CCC(CCCCCCCCC)CCCCCCCCCCCCCCCCCCCC. The fourth-order valence-electron chi connectivity index (χ4n) is 5.45. The second kappa shape index (κ2) is 30.0. The van der Waals surface area contributed by atoms with Crippen molar-refractivity contribution in [1.29, 1.82) is 0 Å². The van der Waals surface area contributed by atoms with Crippen LogP contribution in [-0.2, 0) is 0 Å². The lowest BCUT2D eigenvalue weighted by Crippen LogP contribution is -2.00. The van der Waals surface area contributed by atoms with Gasteiger partial charge in [-0.3, -0.25) is 0 Å². The molecule has 0 aromatic heterocycles. The van der Waals surface area contributed by atoms with E-state index in [4.69, 9.17) is 0 Å². The van der Waals surface area contributed by atoms with Crippen molar-refractivity contribution in [1.82, 2.24) is 0 Å². The molecule has 0 N–H and O–H groups in total. The Bertz CT molecular complexity index is 320. The monoisotopic (exact) mass is 464 g/mol. The van der Waals surface area contributed by atoms with Gasteiger partial charge in [-0.15, -0.1) is 0 Å². The van der Waals surface area contributed by atoms with Crippen molar-refractivity contribution < 1.29 is 0 Å². The van der Waals surface area contributed by atoms with Crippen molar-refractivity contribution in [3.8, 4) is 0 Å². The normalized spacial score (nSPS) is 12.5. The van der Waals surface area contributed by atoms with Crippen LogP contribution >= 0.6 is 0 Å². The molecule has 0 spiro atoms. The molecular formula is C33H67. The van der Waals surface area contributed by atoms with Gasteiger partial charge < -0.3 is 0 Å². The Labute approximate surface area is 212 Å². The molecule has 33 heavy (non-hydrogen) atoms. The first kappa shape index (κ1) is 33.0. The Morgan fingerprint density at radius 1 is 0.333 bits per heavy atom. The van der Waals surface area contributed by atoms with E-state index < -0.39 is 0 Å². The smallest absolute Gasteiger partial charge is 0.0414 e. The summed E-state index contributed by atoms with van der Waals surface area (Å²) in [4.78, 5) is 0. The third-order valence-electron chi connectivity index (χ3n) is 7.79. The van der Waals surface area contributed by atoms with Gasteiger partial charge in [-0.2, -0.15) is 0 Å². The molecule has 0 amide bonds. The summed E-state index contributed by atoms with van der Waals surface area (Å²) in [6, 6.07) is 0. The third-order valence-corrected chi connectivity index (χ3v) is 7.79. The molecule has 0 nitrogen and oxygen atoms in total. The van der Waals surface area contributed by atoms with Crippen LogP contribution in [0.5, 0.6) is 0 Å². The minimum atomic E-state index is 0.971. The van der Waals surface area contributed by atoms with E-state index >= 15 is 0 Å². The van der Waals surface area contributed by atoms with Crippen LogP contribution in [0.25, 0.3) is 0 Å². The molecule has 0 saturated heterocycles. The number of unbranched alkanes of at least 4 members (excludes halogenated alkanes) is 23. The van der Waals surface area contributed by atoms with Crippen molar-refractivity contribution in [3.63, 3.8) is 0 Å². The van der Waals surface area contributed by atoms with Gasteiger partial charge in [-0.25, -0.2) is 0 Å². The highest BCUT2D eigenvalue weighted by Gasteiger charge is 2.07. The maximum absolute atomic E-state index is 4.13. The van der Waals surface area contributed by atoms with Crippen molar-refractivity contribution in [2.45, 2.75) is 200 Å². The predicted molar refractivity (Wildman–Crippen MR) is 154 cm³/mol. The molecule has 1 unspecified atom stereocenters. The summed E-state index contributed by atoms with van der Waals surface area (Å²) in [7, 11) is 0. The van der Waals surface area contributed by atoms with Crippen LogP contribution in [0.1, 0.15) is 200 Å². The summed E-state index contributed by atoms with van der Waals surface area (Å²) in [6.45, 7) is 8.75. The van der Waals surface area contributed by atoms with Gasteiger partial charge in [0.1, 0.15) is 0 Å². The molecule has 1 radical (unpaired) electrons. The fourth-order valence-corrected chi connectivity index (χ4v) is 5.45. The first-order valence-corrected chi connectivity index (χ1v) is 16.1. The molecule has 1 atom stereocenters. The van der Waals surface area contributed by atoms with Gasteiger partial charge in [0.05, 0.1) is 0 Å². The van der Waals surface area contributed by atoms with Crippen molar-refractivity contribution in [3.05, 3.63) is 6.92 Å². The number of hydrogen-bond acceptors (Lipinski definition) is 0. The topological polar surface area (TPSA) is 0 Å². The van der Waals surface area contributed by atoms with E-state index in [2.05, 4.69) is 20.8 Å². The van der Waals surface area contributed by atoms with E-state index in [1.54, 1.807) is 0 Å². The average Bonchev–Trinajstić information content (AvgIpc) is 2.82. The highest BCUT2D eigenvalue weighted by Crippen LogP contribution is 2.23. The maximum atomic E-state index is 4.13. The molecule has 0 saturated carbocycles. The summed E-state index contributed by atoms with van der Waals surface area (Å²) < 4.78 is 0. The molecule has 0 heterocycles. The fraction of sp³-hybridized carbons (Fsp3) is 0.970. The van der Waals surface area contributed by atoms with Gasteiger partial charge >= 0.3 is 0 Å². The molecular weight excluding hydrogens is 396 g/mol. The summed E-state index contributed by atoms with van der Waals surface area (Å²) >= 11 is 0. The summed E-state index contributed by atoms with van der Waals surface area (Å²) in [5, 5.41) is 0. The molecule has 0 aliphatic rings. The first-order chi connectivity index (χ1) is 16.3. The third kappa shape index (κ3) is 28.1. The van der Waals surface area contributed by atoms with Gasteiger partial charge in [-0.1, -0.05) is 207 Å². The molecule has 199 valence electrons. The van der Waals surface area contributed by atoms with Crippen LogP contribution in [0.4, 0.5) is 0 Å². The Kier molecular flexibility index (Phi) is 30.0. The summed E-state index contributed by atoms with van der Waals surface area (Å²) in [6.07, 6.45) is 42.1. The van der Waals surface area contributed by atoms with Crippen molar-refractivity contribution in [2.75, 3.05) is 0 Å². The molecule has 0 bridgehead atoms. The Morgan fingerprint density at radius 2 is 0.576 bits per heavy atom. The van der Waals surface area contributed by atoms with Gasteiger partial charge in [-0.05, 0) is 5.92 Å². The van der Waals surface area contributed by atoms with E-state index in [0.29, 0.717) is 0 Å². The van der Waals surface area contributed by atoms with Crippen LogP contribution in [-0.4, -0.2) is 0 Å². The molecule has 0 rings (SSSR count). The molecule has 0 aliphatic carbocycles. The minimum Gasteiger partial charge on any atom is -0.0654 e. The van der Waals surface area contributed by atoms with Crippen molar-refractivity contribution >= 4 is 0 Å². The van der Waals surface area contributed by atoms with Crippen LogP contribution < -0.4 is 0 Å². The Morgan fingerprint density at radius 3 is 0.818 bits per heavy atom. The second-order valence-electron chi connectivity index (χ2n) is 11.2. The minimum absolute atomic E-state index is 0.971. The average molecular weight is 464 g/mol. The van der Waals surface area contributed by atoms with Crippen molar-refractivity contribution in [2.24, 2.45) is 5.92 Å². The van der Waals surface area contributed by atoms with Gasteiger partial charge in [0.25, 0.3) is 0 Å². The summed E-state index contributed by atoms with van der Waals surface area (Å²) in [5.41, 5.74) is 0. The lowest BCUT2D eigenvalue weighted by molar-refractivity contribution is 0.382. The lowest BCUT2D eigenvalue weighted by atomic mass is 9.90. The molecule has 0 aromatic carbocycles. The number of rotatable bonds is 29. The number of hydrogen-bond donors (Lipinski definition) is 0. The van der Waals surface area contributed by atoms with E-state index in [9.17, 15) is 0 Å². The Hall–Kier alpha value is 0. The largest absolute Gasteiger partial charge is 0.0654 e. The molecule has 0 aromatic rings. The van der Waals surface area contributed by atoms with E-state index in [1.807, 2.05) is 0 Å². The second-order valence-corrected chi connectivity index (χ2v) is 11.2. The molecule has 0 fully saturated rings. The molecule has 0 aliphatic heterocycles. The zero-order chi connectivity index (χ0) is 24.1. The lowest BCUT2D eigenvalue weighted by Gasteiger charge is -2.16. The first-order valence-electron chi connectivity index (χ1n) is 16.1. The van der Waals surface area contributed by atoms with Crippen LogP contribution in [0.2, 0.25) is 0 Å². The highest BCUT2D eigenvalue weighted by atomic mass is 14.1. The zero-order valence-electron chi connectivity index (χ0n) is 23.8. The zero-order valence-corrected chi connectivity index (χ0v) is 23.8. The summed E-state index contributed by atoms with van der Waals surface area (Å²) in [5.74, 6) is 0.971. The predicted octanol–water partition coefficient (Wildman–Crippen LogP) is 12.8. The quantitative estimate of drug-likeness (QED) is 0.0967. The Balaban J connectivity index is 3.30. The van der Waals surface area contributed by atoms with Crippen LogP contribution in [0.3, 0.4) is 0 Å². The maximum Gasteiger partial charge on any atom is -0.0414 e. The van der Waals surface area contributed by atoms with E-state index in [0.717, 1.165) is 12.3 Å². The molecule has 0 heteroatoms. The van der Waals surface area contributed by atoms with Gasteiger partial charge in [0.15, 0.2) is 0 Å². The van der Waals surface area contributed by atoms with Crippen LogP contribution in [0, 0.1) is 12.8 Å². The van der Waals surface area contributed by atoms with E-state index in [-0.39, 0.29) is 0 Å². The standard InChI is InChI=1S/C33H67/c1-4-7-9-11-13-14-15-16-17-18-19-20-21-22-23-25-27-29-32-33(30-6-3)31-28-26-24-12-10-8-5-2/h33H,3-32H2,1-2H3. The van der Waals surface area contributed by atoms with Gasteiger partial charge in [0, 0.05) is 0 Å². The van der Waals surface area contributed by atoms with Gasteiger partial charge in [0.2, 0.25) is 0 Å².